The van der Waals surface area contributed by atoms with Crippen molar-refractivity contribution in [3.63, 3.8) is 0 Å². The van der Waals surface area contributed by atoms with Crippen LogP contribution in [-0.2, 0) is 4.74 Å². The van der Waals surface area contributed by atoms with Crippen LogP contribution in [0.25, 0.3) is 0 Å². The number of ether oxygens (including phenoxy) is 1. The fourth-order valence-corrected chi connectivity index (χ4v) is 1.71. The zero-order chi connectivity index (χ0) is 6.97. The van der Waals surface area contributed by atoms with Crippen LogP contribution in [-0.4, -0.2) is 24.9 Å². The standard InChI is InChI=1S/C8H14O2/c9-3-8(6-1-2-6)7-4-10-5-7/h6-9H,1-5H2. The number of hydrogen-bond donors (Lipinski definition) is 1. The van der Waals surface area contributed by atoms with Crippen molar-refractivity contribution in [3.8, 4) is 0 Å². The zero-order valence-corrected chi connectivity index (χ0v) is 6.12. The molecule has 0 spiro atoms. The molecular formula is C8H14O2. The van der Waals surface area contributed by atoms with Gasteiger partial charge in [0.15, 0.2) is 0 Å². The lowest BCUT2D eigenvalue weighted by atomic mass is 9.87. The predicted molar refractivity (Wildman–Crippen MR) is 37.6 cm³/mol. The van der Waals surface area contributed by atoms with Gasteiger partial charge < -0.3 is 9.84 Å². The van der Waals surface area contributed by atoms with Crippen molar-refractivity contribution < 1.29 is 9.84 Å². The topological polar surface area (TPSA) is 29.5 Å². The molecule has 2 fully saturated rings. The van der Waals surface area contributed by atoms with Crippen LogP contribution >= 0.6 is 0 Å². The van der Waals surface area contributed by atoms with Gasteiger partial charge in [0.05, 0.1) is 13.2 Å². The summed E-state index contributed by atoms with van der Waals surface area (Å²) in [4.78, 5) is 0. The van der Waals surface area contributed by atoms with Crippen LogP contribution in [0.5, 0.6) is 0 Å². The zero-order valence-electron chi connectivity index (χ0n) is 6.12. The summed E-state index contributed by atoms with van der Waals surface area (Å²) in [6, 6.07) is 0. The van der Waals surface area contributed by atoms with Gasteiger partial charge in [0.1, 0.15) is 0 Å². The van der Waals surface area contributed by atoms with Crippen LogP contribution in [0.1, 0.15) is 12.8 Å². The third-order valence-electron chi connectivity index (χ3n) is 2.71. The molecule has 1 saturated carbocycles. The van der Waals surface area contributed by atoms with E-state index in [0.717, 1.165) is 19.1 Å². The quantitative estimate of drug-likeness (QED) is 0.627. The number of hydrogen-bond acceptors (Lipinski definition) is 2. The number of aliphatic hydroxyl groups is 1. The minimum atomic E-state index is 0.374. The van der Waals surface area contributed by atoms with Crippen molar-refractivity contribution in [2.45, 2.75) is 12.8 Å². The Hall–Kier alpha value is -0.0800. The van der Waals surface area contributed by atoms with E-state index in [-0.39, 0.29) is 0 Å². The molecule has 1 heterocycles. The van der Waals surface area contributed by atoms with E-state index in [1.807, 2.05) is 0 Å². The highest BCUT2D eigenvalue weighted by molar-refractivity contribution is 4.87. The minimum absolute atomic E-state index is 0.374. The average molecular weight is 142 g/mol. The van der Waals surface area contributed by atoms with Crippen LogP contribution in [0, 0.1) is 17.8 Å². The molecule has 2 nitrogen and oxygen atoms in total. The fraction of sp³-hybridized carbons (Fsp3) is 1.00. The van der Waals surface area contributed by atoms with Gasteiger partial charge in [0.25, 0.3) is 0 Å². The van der Waals surface area contributed by atoms with Crippen molar-refractivity contribution in [3.05, 3.63) is 0 Å². The predicted octanol–water partition coefficient (Wildman–Crippen LogP) is 0.651. The molecule has 2 heteroatoms. The Kier molecular flexibility index (Phi) is 1.66. The van der Waals surface area contributed by atoms with E-state index in [4.69, 9.17) is 9.84 Å². The molecule has 1 aliphatic heterocycles. The second-order valence-corrected chi connectivity index (χ2v) is 3.48. The summed E-state index contributed by atoms with van der Waals surface area (Å²) in [6.07, 6.45) is 2.67. The lowest BCUT2D eigenvalue weighted by Crippen LogP contribution is -2.37. The Morgan fingerprint density at radius 3 is 2.30 bits per heavy atom. The Morgan fingerprint density at radius 2 is 2.00 bits per heavy atom. The molecule has 1 unspecified atom stereocenters. The normalized spacial score (nSPS) is 29.7. The first-order valence-electron chi connectivity index (χ1n) is 4.10. The van der Waals surface area contributed by atoms with Crippen molar-refractivity contribution >= 4 is 0 Å². The van der Waals surface area contributed by atoms with Crippen LogP contribution in [0.2, 0.25) is 0 Å². The van der Waals surface area contributed by atoms with Gasteiger partial charge in [-0.2, -0.15) is 0 Å². The van der Waals surface area contributed by atoms with Crippen molar-refractivity contribution in [1.29, 1.82) is 0 Å². The van der Waals surface area contributed by atoms with Crippen molar-refractivity contribution in [2.24, 2.45) is 17.8 Å². The molecule has 1 aliphatic carbocycles. The highest BCUT2D eigenvalue weighted by Crippen LogP contribution is 2.42. The molecule has 0 amide bonds. The molecule has 1 atom stereocenters. The fourth-order valence-electron chi connectivity index (χ4n) is 1.71. The monoisotopic (exact) mass is 142 g/mol. The third-order valence-corrected chi connectivity index (χ3v) is 2.71. The Bertz CT molecular complexity index is 116. The SMILES string of the molecule is OCC(C1CC1)C1COC1. The highest BCUT2D eigenvalue weighted by Gasteiger charge is 2.38. The summed E-state index contributed by atoms with van der Waals surface area (Å²) in [5, 5.41) is 9.02. The summed E-state index contributed by atoms with van der Waals surface area (Å²) in [6.45, 7) is 2.15. The molecule has 1 saturated heterocycles. The first-order valence-corrected chi connectivity index (χ1v) is 4.10. The van der Waals surface area contributed by atoms with Crippen LogP contribution in [0.4, 0.5) is 0 Å². The lowest BCUT2D eigenvalue weighted by Gasteiger charge is -2.32. The minimum Gasteiger partial charge on any atom is -0.396 e. The van der Waals surface area contributed by atoms with Gasteiger partial charge in [0, 0.05) is 12.5 Å². The van der Waals surface area contributed by atoms with E-state index >= 15 is 0 Å². The molecule has 0 aromatic rings. The van der Waals surface area contributed by atoms with Crippen LogP contribution < -0.4 is 0 Å². The van der Waals surface area contributed by atoms with Crippen LogP contribution in [0.15, 0.2) is 0 Å². The summed E-state index contributed by atoms with van der Waals surface area (Å²) in [5.41, 5.74) is 0. The molecule has 0 radical (unpaired) electrons. The highest BCUT2D eigenvalue weighted by atomic mass is 16.5. The average Bonchev–Trinajstić information content (AvgIpc) is 2.58. The summed E-state index contributed by atoms with van der Waals surface area (Å²) >= 11 is 0. The maximum atomic E-state index is 9.02. The molecule has 58 valence electrons. The van der Waals surface area contributed by atoms with Crippen molar-refractivity contribution in [2.75, 3.05) is 19.8 Å². The maximum Gasteiger partial charge on any atom is 0.0520 e. The van der Waals surface area contributed by atoms with Gasteiger partial charge in [-0.05, 0) is 24.7 Å². The molecule has 0 bridgehead atoms. The summed E-state index contributed by atoms with van der Waals surface area (Å²) in [5.74, 6) is 2.07. The van der Waals surface area contributed by atoms with Crippen LogP contribution in [0.3, 0.4) is 0 Å². The van der Waals surface area contributed by atoms with E-state index in [1.165, 1.54) is 12.8 Å². The second-order valence-electron chi connectivity index (χ2n) is 3.48. The molecule has 2 aliphatic rings. The van der Waals surface area contributed by atoms with Crippen molar-refractivity contribution in [1.82, 2.24) is 0 Å². The lowest BCUT2D eigenvalue weighted by molar-refractivity contribution is -0.0760. The third kappa shape index (κ3) is 1.06. The van der Waals surface area contributed by atoms with Gasteiger partial charge in [-0.15, -0.1) is 0 Å². The Balaban J connectivity index is 1.84. The van der Waals surface area contributed by atoms with E-state index in [9.17, 15) is 0 Å². The van der Waals surface area contributed by atoms with Gasteiger partial charge in [-0.1, -0.05) is 0 Å². The molecule has 2 rings (SSSR count). The van der Waals surface area contributed by atoms with Gasteiger partial charge in [0.2, 0.25) is 0 Å². The number of rotatable bonds is 3. The number of aliphatic hydroxyl groups excluding tert-OH is 1. The first kappa shape index (κ1) is 6.62. The molecule has 10 heavy (non-hydrogen) atoms. The van der Waals surface area contributed by atoms with E-state index in [1.54, 1.807) is 0 Å². The maximum absolute atomic E-state index is 9.02. The van der Waals surface area contributed by atoms with Gasteiger partial charge in [-0.3, -0.25) is 0 Å². The Morgan fingerprint density at radius 1 is 1.30 bits per heavy atom. The van der Waals surface area contributed by atoms with E-state index in [2.05, 4.69) is 0 Å². The van der Waals surface area contributed by atoms with E-state index in [0.29, 0.717) is 18.4 Å². The van der Waals surface area contributed by atoms with E-state index < -0.39 is 0 Å². The molecule has 0 aromatic carbocycles. The molecular weight excluding hydrogens is 128 g/mol. The largest absolute Gasteiger partial charge is 0.396 e. The smallest absolute Gasteiger partial charge is 0.0520 e. The Labute approximate surface area is 61.2 Å². The summed E-state index contributed by atoms with van der Waals surface area (Å²) in [7, 11) is 0. The summed E-state index contributed by atoms with van der Waals surface area (Å²) < 4.78 is 5.08. The first-order chi connectivity index (χ1) is 4.92. The molecule has 0 aromatic heterocycles. The van der Waals surface area contributed by atoms with Gasteiger partial charge >= 0.3 is 0 Å². The second kappa shape index (κ2) is 2.51. The molecule has 1 N–H and O–H groups in total. The van der Waals surface area contributed by atoms with Gasteiger partial charge in [-0.25, -0.2) is 0 Å².